The molecule has 0 unspecified atom stereocenters. The Kier molecular flexibility index (Phi) is 2.94. The lowest BCUT2D eigenvalue weighted by atomic mass is 10.1. The molecule has 0 aliphatic heterocycles. The van der Waals surface area contributed by atoms with Crippen LogP contribution in [0.3, 0.4) is 0 Å². The fraction of sp³-hybridized carbons (Fsp3) is 0.333. The van der Waals surface area contributed by atoms with E-state index in [2.05, 4.69) is 0 Å². The maximum atomic E-state index is 9.42. The summed E-state index contributed by atoms with van der Waals surface area (Å²) >= 11 is 0. The van der Waals surface area contributed by atoms with Gasteiger partial charge in [0.25, 0.3) is 0 Å². The molecule has 0 amide bonds. The van der Waals surface area contributed by atoms with E-state index in [0.29, 0.717) is 18.7 Å². The zero-order chi connectivity index (χ0) is 8.97. The molecule has 0 radical (unpaired) electrons. The van der Waals surface area contributed by atoms with Crippen molar-refractivity contribution in [3.63, 3.8) is 0 Å². The lowest BCUT2D eigenvalue weighted by Gasteiger charge is -2.04. The molecule has 0 atom stereocenters. The van der Waals surface area contributed by atoms with Crippen LogP contribution in [0.4, 0.5) is 0 Å². The van der Waals surface area contributed by atoms with Crippen LogP contribution in [0.25, 0.3) is 0 Å². The van der Waals surface area contributed by atoms with Crippen LogP contribution in [-0.2, 0) is 6.42 Å². The van der Waals surface area contributed by atoms with Gasteiger partial charge in [-0.3, -0.25) is 0 Å². The highest BCUT2D eigenvalue weighted by Crippen LogP contribution is 2.23. The van der Waals surface area contributed by atoms with Crippen molar-refractivity contribution >= 4 is 0 Å². The highest BCUT2D eigenvalue weighted by atomic mass is 16.5. The van der Waals surface area contributed by atoms with Gasteiger partial charge in [0, 0.05) is 6.07 Å². The van der Waals surface area contributed by atoms with Gasteiger partial charge >= 0.3 is 0 Å². The van der Waals surface area contributed by atoms with E-state index in [4.69, 9.17) is 10.5 Å². The summed E-state index contributed by atoms with van der Waals surface area (Å²) in [6, 6.07) is 5.22. The first-order chi connectivity index (χ1) is 5.77. The number of methoxy groups -OCH3 is 1. The Morgan fingerprint density at radius 2 is 2.25 bits per heavy atom. The lowest BCUT2D eigenvalue weighted by molar-refractivity contribution is 0.406. The van der Waals surface area contributed by atoms with Gasteiger partial charge in [0.15, 0.2) is 0 Å². The molecule has 0 spiro atoms. The molecule has 3 nitrogen and oxygen atoms in total. The Bertz CT molecular complexity index is 261. The van der Waals surface area contributed by atoms with Crippen LogP contribution in [-0.4, -0.2) is 18.8 Å². The number of hydrogen-bond acceptors (Lipinski definition) is 3. The molecule has 0 aliphatic rings. The van der Waals surface area contributed by atoms with Gasteiger partial charge in [-0.05, 0) is 24.6 Å². The van der Waals surface area contributed by atoms with Gasteiger partial charge in [0.05, 0.1) is 7.11 Å². The minimum absolute atomic E-state index is 0.250. The topological polar surface area (TPSA) is 55.5 Å². The van der Waals surface area contributed by atoms with E-state index in [1.54, 1.807) is 13.2 Å². The van der Waals surface area contributed by atoms with E-state index in [9.17, 15) is 5.11 Å². The average molecular weight is 167 g/mol. The van der Waals surface area contributed by atoms with Crippen molar-refractivity contribution in [2.75, 3.05) is 13.7 Å². The summed E-state index contributed by atoms with van der Waals surface area (Å²) in [5.74, 6) is 0.910. The van der Waals surface area contributed by atoms with Crippen LogP contribution >= 0.6 is 0 Å². The average Bonchev–Trinajstić information content (AvgIpc) is 2.09. The van der Waals surface area contributed by atoms with E-state index in [0.717, 1.165) is 5.56 Å². The molecule has 66 valence electrons. The number of rotatable bonds is 3. The smallest absolute Gasteiger partial charge is 0.122 e. The summed E-state index contributed by atoms with van der Waals surface area (Å²) in [6.45, 7) is 0.542. The minimum Gasteiger partial charge on any atom is -0.508 e. The van der Waals surface area contributed by atoms with Crippen LogP contribution < -0.4 is 10.5 Å². The number of phenolic OH excluding ortho intramolecular Hbond substituents is 1. The molecule has 0 aromatic heterocycles. The number of hydrogen-bond donors (Lipinski definition) is 2. The monoisotopic (exact) mass is 167 g/mol. The third kappa shape index (κ3) is 1.89. The molecule has 3 heteroatoms. The number of phenols is 1. The summed E-state index contributed by atoms with van der Waals surface area (Å²) in [7, 11) is 1.57. The Morgan fingerprint density at radius 1 is 1.50 bits per heavy atom. The maximum absolute atomic E-state index is 9.42. The van der Waals surface area contributed by atoms with Gasteiger partial charge in [-0.1, -0.05) is 6.07 Å². The minimum atomic E-state index is 0.250. The van der Waals surface area contributed by atoms with Crippen molar-refractivity contribution in [3.8, 4) is 11.5 Å². The van der Waals surface area contributed by atoms with Crippen molar-refractivity contribution in [3.05, 3.63) is 23.8 Å². The van der Waals surface area contributed by atoms with E-state index in [1.807, 2.05) is 12.1 Å². The second-order valence-electron chi connectivity index (χ2n) is 2.53. The van der Waals surface area contributed by atoms with Crippen molar-refractivity contribution in [2.24, 2.45) is 5.73 Å². The predicted octanol–water partition coefficient (Wildman–Crippen LogP) is 0.902. The fourth-order valence-electron chi connectivity index (χ4n) is 1.04. The van der Waals surface area contributed by atoms with E-state index >= 15 is 0 Å². The molecule has 0 aliphatic carbocycles. The summed E-state index contributed by atoms with van der Waals surface area (Å²) in [4.78, 5) is 0. The Hall–Kier alpha value is -1.22. The number of nitrogens with two attached hydrogens (primary N) is 1. The quantitative estimate of drug-likeness (QED) is 0.703. The summed E-state index contributed by atoms with van der Waals surface area (Å²) in [5.41, 5.74) is 6.22. The number of aromatic hydroxyl groups is 1. The lowest BCUT2D eigenvalue weighted by Crippen LogP contribution is -2.02. The second-order valence-corrected chi connectivity index (χ2v) is 2.53. The Morgan fingerprint density at radius 3 is 2.75 bits per heavy atom. The molecule has 0 saturated carbocycles. The van der Waals surface area contributed by atoms with Crippen LogP contribution in [0.1, 0.15) is 5.56 Å². The van der Waals surface area contributed by atoms with Gasteiger partial charge in [-0.2, -0.15) is 0 Å². The van der Waals surface area contributed by atoms with Crippen molar-refractivity contribution in [2.45, 2.75) is 6.42 Å². The van der Waals surface area contributed by atoms with Crippen molar-refractivity contribution in [1.82, 2.24) is 0 Å². The predicted molar refractivity (Wildman–Crippen MR) is 47.4 cm³/mol. The first kappa shape index (κ1) is 8.87. The molecule has 0 saturated heterocycles. The highest BCUT2D eigenvalue weighted by Gasteiger charge is 2.00. The summed E-state index contributed by atoms with van der Waals surface area (Å²) in [5, 5.41) is 9.42. The fourth-order valence-corrected chi connectivity index (χ4v) is 1.04. The van der Waals surface area contributed by atoms with Crippen LogP contribution in [0, 0.1) is 0 Å². The van der Waals surface area contributed by atoms with Gasteiger partial charge in [0.2, 0.25) is 0 Å². The van der Waals surface area contributed by atoms with Crippen LogP contribution in [0.15, 0.2) is 18.2 Å². The Labute approximate surface area is 71.8 Å². The highest BCUT2D eigenvalue weighted by molar-refractivity contribution is 5.39. The SMILES string of the molecule is COc1ccc(CCN)c(O)c1. The summed E-state index contributed by atoms with van der Waals surface area (Å²) in [6.07, 6.45) is 0.690. The first-order valence-corrected chi connectivity index (χ1v) is 3.84. The van der Waals surface area contributed by atoms with Gasteiger partial charge < -0.3 is 15.6 Å². The van der Waals surface area contributed by atoms with E-state index < -0.39 is 0 Å². The third-order valence-electron chi connectivity index (χ3n) is 1.71. The normalized spacial score (nSPS) is 9.83. The standard InChI is InChI=1S/C9H13NO2/c1-12-8-3-2-7(4-5-10)9(11)6-8/h2-3,6,11H,4-5,10H2,1H3. The zero-order valence-corrected chi connectivity index (χ0v) is 7.08. The van der Waals surface area contributed by atoms with Crippen molar-refractivity contribution < 1.29 is 9.84 Å². The maximum Gasteiger partial charge on any atom is 0.122 e. The number of ether oxygens (including phenoxy) is 1. The molecule has 3 N–H and O–H groups in total. The van der Waals surface area contributed by atoms with Gasteiger partial charge in [-0.15, -0.1) is 0 Å². The molecular weight excluding hydrogens is 154 g/mol. The first-order valence-electron chi connectivity index (χ1n) is 3.84. The molecule has 1 aromatic carbocycles. The van der Waals surface area contributed by atoms with Crippen LogP contribution in [0.2, 0.25) is 0 Å². The third-order valence-corrected chi connectivity index (χ3v) is 1.71. The van der Waals surface area contributed by atoms with E-state index in [1.165, 1.54) is 0 Å². The number of benzene rings is 1. The molecule has 0 heterocycles. The molecule has 1 aromatic rings. The zero-order valence-electron chi connectivity index (χ0n) is 7.08. The molecule has 1 rings (SSSR count). The van der Waals surface area contributed by atoms with E-state index in [-0.39, 0.29) is 5.75 Å². The largest absolute Gasteiger partial charge is 0.508 e. The Balaban J connectivity index is 2.87. The van der Waals surface area contributed by atoms with Gasteiger partial charge in [-0.25, -0.2) is 0 Å². The molecule has 12 heavy (non-hydrogen) atoms. The van der Waals surface area contributed by atoms with Gasteiger partial charge in [0.1, 0.15) is 11.5 Å². The summed E-state index contributed by atoms with van der Waals surface area (Å²) < 4.78 is 4.94. The molecular formula is C9H13NO2. The second kappa shape index (κ2) is 3.97. The molecule has 0 fully saturated rings. The van der Waals surface area contributed by atoms with Crippen LogP contribution in [0.5, 0.6) is 11.5 Å². The molecule has 0 bridgehead atoms. The van der Waals surface area contributed by atoms with Crippen molar-refractivity contribution in [1.29, 1.82) is 0 Å².